The van der Waals surface area contributed by atoms with Gasteiger partial charge in [0.15, 0.2) is 0 Å². The lowest BCUT2D eigenvalue weighted by molar-refractivity contribution is -0.148. The number of carbonyl (C=O) groups is 2. The van der Waals surface area contributed by atoms with Crippen molar-refractivity contribution in [3.8, 4) is 0 Å². The maximum absolute atomic E-state index is 13.8. The van der Waals surface area contributed by atoms with Crippen molar-refractivity contribution in [3.05, 3.63) is 30.3 Å². The minimum absolute atomic E-state index is 0.263. The van der Waals surface area contributed by atoms with E-state index in [9.17, 15) is 14.1 Å². The monoisotopic (exact) mass is 297 g/mol. The summed E-state index contributed by atoms with van der Waals surface area (Å²) in [5.41, 5.74) is 0.263. The Hall–Kier alpha value is -2.15. The van der Waals surface area contributed by atoms with Crippen molar-refractivity contribution in [2.45, 2.75) is 32.2 Å². The van der Waals surface area contributed by atoms with Gasteiger partial charge in [-0.15, -0.1) is 0 Å². The predicted octanol–water partition coefficient (Wildman–Crippen LogP) is 1.47. The van der Waals surface area contributed by atoms with Crippen molar-refractivity contribution in [2.24, 2.45) is 5.90 Å². The number of hydrogen-bond donors (Lipinski definition) is 2. The summed E-state index contributed by atoms with van der Waals surface area (Å²) >= 11 is 0. The zero-order valence-electron chi connectivity index (χ0n) is 11.9. The van der Waals surface area contributed by atoms with Crippen LogP contribution in [0, 0.1) is 0 Å². The van der Waals surface area contributed by atoms with Crippen LogP contribution >= 0.6 is 0 Å². The highest BCUT2D eigenvalue weighted by Crippen LogP contribution is 2.13. The Labute approximate surface area is 122 Å². The molecule has 0 fully saturated rings. The van der Waals surface area contributed by atoms with Gasteiger partial charge in [0, 0.05) is 0 Å². The second-order valence-corrected chi connectivity index (χ2v) is 4.56. The number of halogens is 1. The van der Waals surface area contributed by atoms with Crippen molar-refractivity contribution < 1.29 is 18.9 Å². The third-order valence-corrected chi connectivity index (χ3v) is 2.90. The van der Waals surface area contributed by atoms with E-state index in [4.69, 9.17) is 5.90 Å². The number of amides is 1. The van der Waals surface area contributed by atoms with Gasteiger partial charge in [-0.25, -0.2) is 9.92 Å². The van der Waals surface area contributed by atoms with Crippen LogP contribution in [0.5, 0.6) is 0 Å². The van der Waals surface area contributed by atoms with Crippen LogP contribution in [0.1, 0.15) is 26.2 Å². The molecule has 0 bridgehead atoms. The SMILES string of the molecule is CCCC[C@H](NC(=O)CN(F)c1ccccc1)C(=O)ON. The van der Waals surface area contributed by atoms with E-state index in [2.05, 4.69) is 10.2 Å². The minimum Gasteiger partial charge on any atom is -0.372 e. The van der Waals surface area contributed by atoms with Gasteiger partial charge < -0.3 is 10.2 Å². The lowest BCUT2D eigenvalue weighted by Crippen LogP contribution is -2.45. The number of nitrogens with zero attached hydrogens (tertiary/aromatic N) is 1. The van der Waals surface area contributed by atoms with Gasteiger partial charge in [-0.1, -0.05) is 42.4 Å². The van der Waals surface area contributed by atoms with Crippen LogP contribution in [0.4, 0.5) is 10.2 Å². The second kappa shape index (κ2) is 8.91. The summed E-state index contributed by atoms with van der Waals surface area (Å²) in [5, 5.41) is 2.73. The molecule has 1 aromatic rings. The van der Waals surface area contributed by atoms with E-state index in [0.29, 0.717) is 11.5 Å². The van der Waals surface area contributed by atoms with E-state index in [1.807, 2.05) is 6.92 Å². The summed E-state index contributed by atoms with van der Waals surface area (Å²) in [6.07, 6.45) is 1.97. The first kappa shape index (κ1) is 16.9. The summed E-state index contributed by atoms with van der Waals surface area (Å²) in [7, 11) is 0. The first-order chi connectivity index (χ1) is 10.1. The molecule has 0 aliphatic heterocycles. The fourth-order valence-electron chi connectivity index (χ4n) is 1.79. The first-order valence-corrected chi connectivity index (χ1v) is 6.76. The number of nitrogens with two attached hydrogens (primary N) is 1. The normalized spacial score (nSPS) is 11.6. The first-order valence-electron chi connectivity index (χ1n) is 6.76. The molecule has 7 heteroatoms. The van der Waals surface area contributed by atoms with E-state index in [-0.39, 0.29) is 5.69 Å². The predicted molar refractivity (Wildman–Crippen MR) is 76.6 cm³/mol. The number of unbranched alkanes of at least 4 members (excludes halogenated alkanes) is 1. The van der Waals surface area contributed by atoms with Crippen molar-refractivity contribution in [1.29, 1.82) is 0 Å². The smallest absolute Gasteiger partial charge is 0.347 e. The molecule has 0 radical (unpaired) electrons. The third-order valence-electron chi connectivity index (χ3n) is 2.90. The van der Waals surface area contributed by atoms with Crippen molar-refractivity contribution in [3.63, 3.8) is 0 Å². The molecule has 0 aliphatic rings. The molecule has 3 N–H and O–H groups in total. The molecule has 0 saturated carbocycles. The summed E-state index contributed by atoms with van der Waals surface area (Å²) in [6.45, 7) is 1.44. The fourth-order valence-corrected chi connectivity index (χ4v) is 1.79. The van der Waals surface area contributed by atoms with Gasteiger partial charge in [0.25, 0.3) is 0 Å². The standard InChI is InChI=1S/C14H20FN3O3/c1-2-3-9-12(14(20)21-16)17-13(19)10-18(15)11-7-5-4-6-8-11/h4-8,12H,2-3,9-10,16H2,1H3,(H,17,19)/t12-/m0/s1. The molecule has 0 aliphatic carbocycles. The maximum atomic E-state index is 13.8. The average molecular weight is 297 g/mol. The molecule has 0 aromatic heterocycles. The lowest BCUT2D eigenvalue weighted by Gasteiger charge is -2.18. The topological polar surface area (TPSA) is 84.7 Å². The molecule has 0 saturated heterocycles. The van der Waals surface area contributed by atoms with Gasteiger partial charge in [0.1, 0.15) is 12.6 Å². The van der Waals surface area contributed by atoms with Crippen LogP contribution < -0.4 is 16.3 Å². The van der Waals surface area contributed by atoms with Crippen LogP contribution in [0.25, 0.3) is 0 Å². The van der Waals surface area contributed by atoms with E-state index >= 15 is 0 Å². The van der Waals surface area contributed by atoms with E-state index < -0.39 is 24.5 Å². The van der Waals surface area contributed by atoms with E-state index in [1.165, 1.54) is 12.1 Å². The van der Waals surface area contributed by atoms with Crippen LogP contribution in [-0.4, -0.2) is 24.5 Å². The molecule has 6 nitrogen and oxygen atoms in total. The average Bonchev–Trinajstić information content (AvgIpc) is 2.51. The number of hydrogen-bond acceptors (Lipinski definition) is 5. The van der Waals surface area contributed by atoms with Gasteiger partial charge in [-0.2, -0.15) is 5.90 Å². The van der Waals surface area contributed by atoms with Gasteiger partial charge in [0.2, 0.25) is 5.91 Å². The van der Waals surface area contributed by atoms with Gasteiger partial charge in [0.05, 0.1) is 5.69 Å². The van der Waals surface area contributed by atoms with Crippen molar-refractivity contribution >= 4 is 17.6 Å². The van der Waals surface area contributed by atoms with Crippen LogP contribution in [-0.2, 0) is 14.4 Å². The van der Waals surface area contributed by atoms with Crippen LogP contribution in [0.15, 0.2) is 30.3 Å². The summed E-state index contributed by atoms with van der Waals surface area (Å²) in [6, 6.07) is 7.29. The molecule has 116 valence electrons. The number of nitrogens with one attached hydrogen (secondary N) is 1. The Bertz CT molecular complexity index is 456. The van der Waals surface area contributed by atoms with Crippen molar-refractivity contribution in [2.75, 3.05) is 11.7 Å². The Morgan fingerprint density at radius 3 is 2.62 bits per heavy atom. The molecule has 0 heterocycles. The van der Waals surface area contributed by atoms with Crippen LogP contribution in [0.2, 0.25) is 0 Å². The number of carbonyl (C=O) groups excluding carboxylic acids is 2. The Kier molecular flexibility index (Phi) is 7.17. The summed E-state index contributed by atoms with van der Waals surface area (Å²) in [5.74, 6) is 3.48. The molecule has 0 spiro atoms. The van der Waals surface area contributed by atoms with Crippen LogP contribution in [0.3, 0.4) is 0 Å². The second-order valence-electron chi connectivity index (χ2n) is 4.56. The molecule has 0 unspecified atom stereocenters. The third kappa shape index (κ3) is 5.78. The molecule has 1 aromatic carbocycles. The lowest BCUT2D eigenvalue weighted by atomic mass is 10.1. The number of rotatable bonds is 8. The Morgan fingerprint density at radius 2 is 2.05 bits per heavy atom. The molecule has 1 atom stereocenters. The fraction of sp³-hybridized carbons (Fsp3) is 0.429. The highest BCUT2D eigenvalue weighted by Gasteiger charge is 2.22. The summed E-state index contributed by atoms with van der Waals surface area (Å²) < 4.78 is 13.8. The Balaban J connectivity index is 2.55. The quantitative estimate of drug-likeness (QED) is 0.560. The molecular weight excluding hydrogens is 277 g/mol. The number of para-hydroxylation sites is 1. The molecular formula is C14H20FN3O3. The zero-order chi connectivity index (χ0) is 15.7. The largest absolute Gasteiger partial charge is 0.372 e. The highest BCUT2D eigenvalue weighted by atomic mass is 19.2. The van der Waals surface area contributed by atoms with Crippen molar-refractivity contribution in [1.82, 2.24) is 5.32 Å². The molecule has 21 heavy (non-hydrogen) atoms. The van der Waals surface area contributed by atoms with Gasteiger partial charge >= 0.3 is 5.97 Å². The van der Waals surface area contributed by atoms with E-state index in [0.717, 1.165) is 12.8 Å². The summed E-state index contributed by atoms with van der Waals surface area (Å²) in [4.78, 5) is 27.4. The number of benzene rings is 1. The van der Waals surface area contributed by atoms with E-state index in [1.54, 1.807) is 18.2 Å². The maximum Gasteiger partial charge on any atom is 0.347 e. The Morgan fingerprint density at radius 1 is 1.38 bits per heavy atom. The molecule has 1 rings (SSSR count). The zero-order valence-corrected chi connectivity index (χ0v) is 11.9. The highest BCUT2D eigenvalue weighted by molar-refractivity contribution is 5.86. The van der Waals surface area contributed by atoms with Gasteiger partial charge in [-0.3, -0.25) is 4.79 Å². The minimum atomic E-state index is -0.855. The molecule has 1 amide bonds. The number of anilines is 1. The van der Waals surface area contributed by atoms with Gasteiger partial charge in [-0.05, 0) is 18.6 Å².